The lowest BCUT2D eigenvalue weighted by Gasteiger charge is -1.76. The van der Waals surface area contributed by atoms with Crippen LogP contribution in [0.4, 0.5) is 0 Å². The fourth-order valence-corrected chi connectivity index (χ4v) is 0.167. The predicted molar refractivity (Wildman–Crippen MR) is 29.6 cm³/mol. The van der Waals surface area contributed by atoms with Gasteiger partial charge in [0.2, 0.25) is 0 Å². The molecule has 0 heterocycles. The van der Waals surface area contributed by atoms with E-state index in [0.717, 1.165) is 0 Å². The van der Waals surface area contributed by atoms with E-state index in [1.807, 2.05) is 0 Å². The third-order valence-electron chi connectivity index (χ3n) is 0.407. The van der Waals surface area contributed by atoms with Crippen LogP contribution >= 0.6 is 0 Å². The van der Waals surface area contributed by atoms with E-state index in [2.05, 4.69) is 13.2 Å². The van der Waals surface area contributed by atoms with Gasteiger partial charge in [-0.2, -0.15) is 0 Å². The Morgan fingerprint density at radius 1 is 1.50 bits per heavy atom. The molecule has 0 rings (SSSR count). The van der Waals surface area contributed by atoms with Gasteiger partial charge < -0.3 is 0 Å². The topological polar surface area (TPSA) is 0 Å². The van der Waals surface area contributed by atoms with Crippen LogP contribution in [-0.2, 0) is 0 Å². The fraction of sp³-hybridized carbons (Fsp3) is 0.333. The molecule has 0 atom stereocenters. The Bertz CT molecular complexity index is 94.7. The quantitative estimate of drug-likeness (QED) is 0.459. The lowest BCUT2D eigenvalue weighted by Crippen LogP contribution is -1.56. The van der Waals surface area contributed by atoms with Crippen molar-refractivity contribution in [3.8, 4) is 0 Å². The maximum Gasteiger partial charge on any atom is 0.0313 e. The molecule has 0 saturated carbocycles. The summed E-state index contributed by atoms with van der Waals surface area (Å²) in [6.07, 6.45) is 1.91. The molecule has 0 spiro atoms. The minimum atomic E-state index is -1.26. The molecule has 0 amide bonds. The molecule has 0 aliphatic rings. The normalized spacial score (nSPS) is 14.7. The molecule has 0 bridgehead atoms. The first-order valence-electron chi connectivity index (χ1n) is 2.87. The highest BCUT2D eigenvalue weighted by Crippen LogP contribution is 1.86. The zero-order chi connectivity index (χ0) is 6.62. The van der Waals surface area contributed by atoms with Gasteiger partial charge in [-0.15, -0.1) is 13.2 Å². The monoisotopic (exact) mass is 84.1 g/mol. The van der Waals surface area contributed by atoms with Crippen molar-refractivity contribution in [2.45, 2.75) is 12.8 Å². The second-order valence-electron chi connectivity index (χ2n) is 0.901. The molecule has 34 valence electrons. The molecule has 0 aliphatic heterocycles. The van der Waals surface area contributed by atoms with Crippen molar-refractivity contribution < 1.29 is 2.74 Å². The van der Waals surface area contributed by atoms with Gasteiger partial charge in [-0.25, -0.2) is 0 Å². The summed E-state index contributed by atoms with van der Waals surface area (Å²) in [6, 6.07) is 0. The zero-order valence-corrected chi connectivity index (χ0v) is 3.78. The maximum atomic E-state index is 7.05. The second kappa shape index (κ2) is 4.48. The van der Waals surface area contributed by atoms with Gasteiger partial charge in [0.05, 0.1) is 0 Å². The van der Waals surface area contributed by atoms with Gasteiger partial charge in [-0.3, -0.25) is 0 Å². The molecule has 0 fully saturated rings. The van der Waals surface area contributed by atoms with Crippen molar-refractivity contribution in [1.82, 2.24) is 0 Å². The standard InChI is InChI=1S/C6H10/c1-3-5-6-4-2/h3-4H,1-2,5-6H2/i5D2. The molecule has 0 aromatic carbocycles. The van der Waals surface area contributed by atoms with Gasteiger partial charge in [-0.05, 0) is 12.8 Å². The van der Waals surface area contributed by atoms with Crippen LogP contribution in [-0.4, -0.2) is 0 Å². The van der Waals surface area contributed by atoms with Crippen molar-refractivity contribution >= 4 is 0 Å². The summed E-state index contributed by atoms with van der Waals surface area (Å²) in [5, 5.41) is 0. The summed E-state index contributed by atoms with van der Waals surface area (Å²) >= 11 is 0. The van der Waals surface area contributed by atoms with E-state index in [0.29, 0.717) is 6.42 Å². The van der Waals surface area contributed by atoms with Crippen LogP contribution in [0.1, 0.15) is 15.5 Å². The largest absolute Gasteiger partial charge is 0.103 e. The van der Waals surface area contributed by atoms with E-state index < -0.39 is 6.37 Å². The molecule has 0 radical (unpaired) electrons. The third-order valence-corrected chi connectivity index (χ3v) is 0.407. The molecule has 0 nitrogen and oxygen atoms in total. The van der Waals surface area contributed by atoms with Crippen molar-refractivity contribution in [3.05, 3.63) is 25.3 Å². The van der Waals surface area contributed by atoms with Gasteiger partial charge in [0, 0.05) is 2.74 Å². The van der Waals surface area contributed by atoms with Crippen LogP contribution in [0.2, 0.25) is 0 Å². The van der Waals surface area contributed by atoms with Gasteiger partial charge in [0.15, 0.2) is 0 Å². The number of rotatable bonds is 3. The first-order valence-corrected chi connectivity index (χ1v) is 1.87. The smallest absolute Gasteiger partial charge is 0.0313 e. The molecule has 6 heavy (non-hydrogen) atoms. The fourth-order valence-electron chi connectivity index (χ4n) is 0.167. The van der Waals surface area contributed by atoms with Crippen molar-refractivity contribution in [3.63, 3.8) is 0 Å². The highest BCUT2D eigenvalue weighted by atomic mass is 13.7. The first kappa shape index (κ1) is 2.62. The van der Waals surface area contributed by atoms with E-state index in [4.69, 9.17) is 2.74 Å². The number of hydrogen-bond acceptors (Lipinski definition) is 0. The van der Waals surface area contributed by atoms with Crippen molar-refractivity contribution in [2.75, 3.05) is 0 Å². The highest BCUT2D eigenvalue weighted by molar-refractivity contribution is 4.74. The molecule has 0 aliphatic carbocycles. The van der Waals surface area contributed by atoms with Gasteiger partial charge in [0.1, 0.15) is 0 Å². The van der Waals surface area contributed by atoms with Gasteiger partial charge in [0.25, 0.3) is 0 Å². The Morgan fingerprint density at radius 3 is 2.33 bits per heavy atom. The summed E-state index contributed by atoms with van der Waals surface area (Å²) in [5.41, 5.74) is 0. The Kier molecular flexibility index (Phi) is 1.96. The SMILES string of the molecule is [2H]C([2H])(C=C)CC=C. The van der Waals surface area contributed by atoms with Crippen LogP contribution in [0.3, 0.4) is 0 Å². The highest BCUT2D eigenvalue weighted by Gasteiger charge is 1.66. The molecule has 0 saturated heterocycles. The minimum Gasteiger partial charge on any atom is -0.103 e. The molecular weight excluding hydrogens is 72.1 g/mol. The molecule has 0 unspecified atom stereocenters. The number of hydrogen-bond donors (Lipinski definition) is 0. The molecule has 0 aromatic rings. The summed E-state index contributed by atoms with van der Waals surface area (Å²) in [4.78, 5) is 0. The molecular formula is C6H10. The van der Waals surface area contributed by atoms with Crippen LogP contribution in [0, 0.1) is 0 Å². The van der Waals surface area contributed by atoms with Gasteiger partial charge in [-0.1, -0.05) is 12.2 Å². The predicted octanol–water partition coefficient (Wildman–Crippen LogP) is 2.14. The summed E-state index contributed by atoms with van der Waals surface area (Å²) in [7, 11) is 0. The third kappa shape index (κ3) is 3.48. The Labute approximate surface area is 42.0 Å². The average molecular weight is 84.2 g/mol. The van der Waals surface area contributed by atoms with E-state index in [-0.39, 0.29) is 0 Å². The second-order valence-corrected chi connectivity index (χ2v) is 0.901. The summed E-state index contributed by atoms with van der Waals surface area (Å²) in [6.45, 7) is 6.73. The lowest BCUT2D eigenvalue weighted by molar-refractivity contribution is 1.06. The summed E-state index contributed by atoms with van der Waals surface area (Å²) < 4.78 is 14.1. The molecule has 0 aromatic heterocycles. The van der Waals surface area contributed by atoms with Crippen molar-refractivity contribution in [2.24, 2.45) is 0 Å². The Balaban J connectivity index is 3.70. The Hall–Kier alpha value is -0.520. The van der Waals surface area contributed by atoms with Crippen LogP contribution in [0.25, 0.3) is 0 Å². The van der Waals surface area contributed by atoms with Gasteiger partial charge >= 0.3 is 0 Å². The first-order chi connectivity index (χ1) is 3.62. The van der Waals surface area contributed by atoms with E-state index in [9.17, 15) is 0 Å². The van der Waals surface area contributed by atoms with E-state index >= 15 is 0 Å². The number of allylic oxidation sites excluding steroid dienone is 2. The van der Waals surface area contributed by atoms with E-state index in [1.54, 1.807) is 6.08 Å². The molecule has 0 N–H and O–H groups in total. The van der Waals surface area contributed by atoms with Crippen LogP contribution in [0.15, 0.2) is 25.3 Å². The van der Waals surface area contributed by atoms with Crippen LogP contribution < -0.4 is 0 Å². The van der Waals surface area contributed by atoms with E-state index in [1.165, 1.54) is 6.08 Å². The summed E-state index contributed by atoms with van der Waals surface area (Å²) in [5.74, 6) is 0. The minimum absolute atomic E-state index is 0.344. The van der Waals surface area contributed by atoms with Crippen molar-refractivity contribution in [1.29, 1.82) is 0 Å². The lowest BCUT2D eigenvalue weighted by atomic mass is 10.3. The zero-order valence-electron chi connectivity index (χ0n) is 5.78. The average Bonchev–Trinajstić information content (AvgIpc) is 1.67. The Morgan fingerprint density at radius 2 is 2.17 bits per heavy atom. The van der Waals surface area contributed by atoms with Crippen LogP contribution in [0.5, 0.6) is 0 Å². The molecule has 0 heteroatoms. The maximum absolute atomic E-state index is 7.05.